The second-order valence-electron chi connectivity index (χ2n) is 11.9. The molecule has 44 heavy (non-hydrogen) atoms. The molecule has 0 radical (unpaired) electrons. The summed E-state index contributed by atoms with van der Waals surface area (Å²) in [5.74, 6) is 1.12. The second kappa shape index (κ2) is 11.8. The summed E-state index contributed by atoms with van der Waals surface area (Å²) in [6, 6.07) is 13.1. The van der Waals surface area contributed by atoms with Gasteiger partial charge in [-0.2, -0.15) is 20.3 Å². The lowest BCUT2D eigenvalue weighted by Gasteiger charge is -2.41. The van der Waals surface area contributed by atoms with E-state index in [1.807, 2.05) is 6.20 Å². The Hall–Kier alpha value is -4.69. The number of carbonyl (C=O) groups is 1. The van der Waals surface area contributed by atoms with Crippen molar-refractivity contribution in [1.82, 2.24) is 30.0 Å². The molecule has 1 N–H and O–H groups in total. The Kier molecular flexibility index (Phi) is 7.52. The van der Waals surface area contributed by atoms with Crippen LogP contribution in [0.1, 0.15) is 42.9 Å². The molecule has 3 atom stereocenters. The van der Waals surface area contributed by atoms with Gasteiger partial charge in [-0.15, -0.1) is 0 Å². The van der Waals surface area contributed by atoms with Gasteiger partial charge in [0.15, 0.2) is 0 Å². The zero-order chi connectivity index (χ0) is 30.2. The van der Waals surface area contributed by atoms with Crippen molar-refractivity contribution in [3.8, 4) is 18.0 Å². The van der Waals surface area contributed by atoms with Crippen molar-refractivity contribution >= 4 is 33.4 Å². The molecule has 2 saturated heterocycles. The number of aromatic nitrogens is 4. The average molecular weight is 593 g/mol. The predicted molar refractivity (Wildman–Crippen MR) is 167 cm³/mol. The van der Waals surface area contributed by atoms with E-state index in [-0.39, 0.29) is 30.5 Å². The number of nitrogens with zero attached hydrogens (tertiary/aromatic N) is 7. The highest BCUT2D eigenvalue weighted by molar-refractivity contribution is 6.07. The number of anilines is 1. The number of aromatic amines is 1. The molecule has 2 aromatic carbocycles. The van der Waals surface area contributed by atoms with Gasteiger partial charge in [0.1, 0.15) is 18.5 Å². The lowest BCUT2D eigenvalue weighted by molar-refractivity contribution is -0.128. The quantitative estimate of drug-likeness (QED) is 0.315. The SMILES string of the molecule is C=CC(=O)N1CCN(c2nc(OC[C@@H]3CCCN3C)nc3c2CCC(c2cccc4ccc5[nH]ncc5c24)O3)C[C@@H]1CC#N. The first-order valence-corrected chi connectivity index (χ1v) is 15.3. The van der Waals surface area contributed by atoms with E-state index < -0.39 is 0 Å². The number of carbonyl (C=O) groups excluding carboxylic acids is 1. The maximum Gasteiger partial charge on any atom is 0.321 e. The van der Waals surface area contributed by atoms with E-state index in [0.29, 0.717) is 44.6 Å². The number of hydrogen-bond acceptors (Lipinski definition) is 9. The van der Waals surface area contributed by atoms with Crippen LogP contribution >= 0.6 is 0 Å². The third-order valence-electron chi connectivity index (χ3n) is 9.32. The van der Waals surface area contributed by atoms with Gasteiger partial charge < -0.3 is 24.2 Å². The molecule has 11 heteroatoms. The molecular weight excluding hydrogens is 556 g/mol. The number of H-pyrrole nitrogens is 1. The minimum Gasteiger partial charge on any atom is -0.469 e. The fourth-order valence-electron chi connectivity index (χ4n) is 6.96. The molecule has 1 unspecified atom stereocenters. The van der Waals surface area contributed by atoms with E-state index in [1.54, 1.807) is 4.90 Å². The molecule has 0 aliphatic carbocycles. The zero-order valence-corrected chi connectivity index (χ0v) is 24.9. The van der Waals surface area contributed by atoms with Gasteiger partial charge in [-0.05, 0) is 62.2 Å². The van der Waals surface area contributed by atoms with Crippen molar-refractivity contribution < 1.29 is 14.3 Å². The smallest absolute Gasteiger partial charge is 0.321 e. The summed E-state index contributed by atoms with van der Waals surface area (Å²) in [6.07, 6.45) is 6.89. The Bertz CT molecular complexity index is 1760. The van der Waals surface area contributed by atoms with E-state index in [4.69, 9.17) is 19.4 Å². The van der Waals surface area contributed by atoms with Gasteiger partial charge in [-0.25, -0.2) is 0 Å². The molecular formula is C33H36N8O3. The molecule has 0 bridgehead atoms. The first kappa shape index (κ1) is 28.1. The van der Waals surface area contributed by atoms with E-state index >= 15 is 0 Å². The lowest BCUT2D eigenvalue weighted by Crippen LogP contribution is -2.55. The number of piperazine rings is 1. The number of amides is 1. The van der Waals surface area contributed by atoms with Crippen LogP contribution in [-0.2, 0) is 11.2 Å². The largest absolute Gasteiger partial charge is 0.469 e. The molecule has 4 aromatic rings. The highest BCUT2D eigenvalue weighted by atomic mass is 16.5. The molecule has 0 spiro atoms. The molecule has 1 amide bonds. The summed E-state index contributed by atoms with van der Waals surface area (Å²) >= 11 is 0. The molecule has 5 heterocycles. The number of likely N-dealkylation sites (N-methyl/N-ethyl adjacent to an activating group) is 1. The number of fused-ring (bicyclic) bond motifs is 4. The standard InChI is InChI=1S/C33H36N8O3/c1-3-29(42)41-17-16-40(19-22(41)13-14-34)31-25-10-12-28(24-8-4-6-21-9-11-27-26(30(21)24)18-35-38-27)44-32(25)37-33(36-31)43-20-23-7-5-15-39(23)2/h3-4,6,8-9,11,18,22-23,28H,1,5,7,10,12-13,15-17,19-20H2,2H3,(H,35,38)/t22-,23-,28?/m0/s1. The average Bonchev–Trinajstić information content (AvgIpc) is 3.71. The molecule has 11 nitrogen and oxygen atoms in total. The summed E-state index contributed by atoms with van der Waals surface area (Å²) in [7, 11) is 2.12. The molecule has 3 aliphatic rings. The van der Waals surface area contributed by atoms with Crippen LogP contribution < -0.4 is 14.4 Å². The number of hydrogen-bond donors (Lipinski definition) is 1. The van der Waals surface area contributed by atoms with Crippen molar-refractivity contribution in [2.75, 3.05) is 44.7 Å². The van der Waals surface area contributed by atoms with Crippen LogP contribution in [0, 0.1) is 11.3 Å². The van der Waals surface area contributed by atoms with Crippen molar-refractivity contribution in [3.05, 3.63) is 60.3 Å². The van der Waals surface area contributed by atoms with Gasteiger partial charge in [-0.1, -0.05) is 30.8 Å². The fourth-order valence-corrected chi connectivity index (χ4v) is 6.96. The van der Waals surface area contributed by atoms with Crippen LogP contribution in [-0.4, -0.2) is 87.8 Å². The maximum absolute atomic E-state index is 12.6. The molecule has 2 aromatic heterocycles. The summed E-state index contributed by atoms with van der Waals surface area (Å²) in [4.78, 5) is 28.5. The highest BCUT2D eigenvalue weighted by Crippen LogP contribution is 2.42. The van der Waals surface area contributed by atoms with Crippen LogP contribution in [0.25, 0.3) is 21.7 Å². The number of ether oxygens (including phenoxy) is 2. The number of nitrogens with one attached hydrogen (secondary N) is 1. The van der Waals surface area contributed by atoms with E-state index in [1.165, 1.54) is 6.08 Å². The normalized spacial score (nSPS) is 22.0. The van der Waals surface area contributed by atoms with E-state index in [9.17, 15) is 10.1 Å². The van der Waals surface area contributed by atoms with Crippen molar-refractivity contribution in [2.24, 2.45) is 0 Å². The predicted octanol–water partition coefficient (Wildman–Crippen LogP) is 4.16. The fraction of sp³-hybridized carbons (Fsp3) is 0.424. The zero-order valence-electron chi connectivity index (χ0n) is 24.9. The monoisotopic (exact) mass is 592 g/mol. The van der Waals surface area contributed by atoms with Gasteiger partial charge in [0, 0.05) is 36.6 Å². The van der Waals surface area contributed by atoms with Crippen molar-refractivity contribution in [3.63, 3.8) is 0 Å². The molecule has 7 rings (SSSR count). The Balaban J connectivity index is 1.24. The number of rotatable bonds is 7. The lowest BCUT2D eigenvalue weighted by atomic mass is 9.93. The van der Waals surface area contributed by atoms with E-state index in [2.05, 4.69) is 70.0 Å². The van der Waals surface area contributed by atoms with Gasteiger partial charge >= 0.3 is 6.01 Å². The number of nitriles is 1. The molecule has 0 saturated carbocycles. The van der Waals surface area contributed by atoms with Crippen LogP contribution in [0.5, 0.6) is 11.9 Å². The summed E-state index contributed by atoms with van der Waals surface area (Å²) in [5, 5.41) is 20.2. The molecule has 226 valence electrons. The topological polar surface area (TPSA) is 124 Å². The van der Waals surface area contributed by atoms with E-state index in [0.717, 1.165) is 64.4 Å². The Morgan fingerprint density at radius 3 is 2.93 bits per heavy atom. The second-order valence-corrected chi connectivity index (χ2v) is 11.9. The van der Waals surface area contributed by atoms with Gasteiger partial charge in [0.2, 0.25) is 11.8 Å². The van der Waals surface area contributed by atoms with Crippen molar-refractivity contribution in [2.45, 2.75) is 50.3 Å². The molecule has 3 aliphatic heterocycles. The number of likely N-dealkylation sites (tertiary alicyclic amines) is 1. The van der Waals surface area contributed by atoms with Crippen LogP contribution in [0.4, 0.5) is 5.82 Å². The Labute approximate surface area is 256 Å². The summed E-state index contributed by atoms with van der Waals surface area (Å²) < 4.78 is 13.0. The summed E-state index contributed by atoms with van der Waals surface area (Å²) in [6.45, 7) is 6.72. The third-order valence-corrected chi connectivity index (χ3v) is 9.32. The van der Waals surface area contributed by atoms with Crippen LogP contribution in [0.2, 0.25) is 0 Å². The third kappa shape index (κ3) is 5.09. The van der Waals surface area contributed by atoms with Gasteiger partial charge in [0.05, 0.1) is 35.8 Å². The van der Waals surface area contributed by atoms with Gasteiger partial charge in [-0.3, -0.25) is 9.89 Å². The Morgan fingerprint density at radius 1 is 1.20 bits per heavy atom. The Morgan fingerprint density at radius 2 is 2.11 bits per heavy atom. The first-order chi connectivity index (χ1) is 21.5. The highest BCUT2D eigenvalue weighted by Gasteiger charge is 2.35. The van der Waals surface area contributed by atoms with Crippen molar-refractivity contribution in [1.29, 1.82) is 5.26 Å². The first-order valence-electron chi connectivity index (χ1n) is 15.3. The minimum atomic E-state index is -0.272. The summed E-state index contributed by atoms with van der Waals surface area (Å²) in [5.41, 5.74) is 3.01. The minimum absolute atomic E-state index is 0.160. The number of benzene rings is 2. The maximum atomic E-state index is 12.6. The van der Waals surface area contributed by atoms with Crippen LogP contribution in [0.3, 0.4) is 0 Å². The van der Waals surface area contributed by atoms with Gasteiger partial charge in [0.25, 0.3) is 0 Å². The molecule has 2 fully saturated rings. The van der Waals surface area contributed by atoms with Crippen LogP contribution in [0.15, 0.2) is 49.2 Å².